The topological polar surface area (TPSA) is 42.1 Å². The van der Waals surface area contributed by atoms with Gasteiger partial charge in [-0.3, -0.25) is 4.79 Å². The molecule has 4 heteroatoms. The molecule has 72 valence electrons. The summed E-state index contributed by atoms with van der Waals surface area (Å²) in [5.41, 5.74) is 1.03. The van der Waals surface area contributed by atoms with Gasteiger partial charge in [0.2, 0.25) is 0 Å². The molecule has 3 nitrogen and oxygen atoms in total. The number of aromatic nitrogens is 1. The smallest absolute Gasteiger partial charge is 0.321 e. The van der Waals surface area contributed by atoms with Gasteiger partial charge in [-0.1, -0.05) is 15.9 Å². The van der Waals surface area contributed by atoms with Crippen molar-refractivity contribution in [3.8, 4) is 5.75 Å². The molecule has 14 heavy (non-hydrogen) atoms. The molecule has 0 atom stereocenters. The van der Waals surface area contributed by atoms with Crippen molar-refractivity contribution in [1.82, 2.24) is 4.98 Å². The molecular weight excluding hydrogens is 246 g/mol. The van der Waals surface area contributed by atoms with Gasteiger partial charge in [-0.05, 0) is 24.3 Å². The number of nitrogens with one attached hydrogen (secondary N) is 1. The first kappa shape index (κ1) is 9.27. The highest BCUT2D eigenvalue weighted by Gasteiger charge is 2.03. The number of halogens is 1. The largest absolute Gasteiger partial charge is 0.426 e. The Morgan fingerprint density at radius 1 is 1.43 bits per heavy atom. The molecule has 1 heterocycles. The average Bonchev–Trinajstić information content (AvgIpc) is 2.64. The van der Waals surface area contributed by atoms with E-state index in [0.717, 1.165) is 10.9 Å². The van der Waals surface area contributed by atoms with Gasteiger partial charge in [0.1, 0.15) is 11.1 Å². The lowest BCUT2D eigenvalue weighted by Crippen LogP contribution is -2.08. The lowest BCUT2D eigenvalue weighted by atomic mass is 10.2. The molecule has 0 aliphatic heterocycles. The normalized spacial score (nSPS) is 10.4. The van der Waals surface area contributed by atoms with Gasteiger partial charge >= 0.3 is 5.97 Å². The standard InChI is InChI=1S/C10H8BrNO2/c11-6-10(13)14-8-1-2-9-7(5-8)3-4-12-9/h1-5,12H,6H2. The zero-order chi connectivity index (χ0) is 9.97. The summed E-state index contributed by atoms with van der Waals surface area (Å²) in [6, 6.07) is 7.40. The van der Waals surface area contributed by atoms with E-state index in [1.54, 1.807) is 6.07 Å². The van der Waals surface area contributed by atoms with E-state index in [-0.39, 0.29) is 11.3 Å². The Kier molecular flexibility index (Phi) is 2.54. The van der Waals surface area contributed by atoms with Crippen LogP contribution < -0.4 is 4.74 Å². The molecule has 1 aromatic heterocycles. The highest BCUT2D eigenvalue weighted by Crippen LogP contribution is 2.19. The second kappa shape index (κ2) is 3.84. The van der Waals surface area contributed by atoms with Gasteiger partial charge in [-0.15, -0.1) is 0 Å². The number of carbonyl (C=O) groups excluding carboxylic acids is 1. The number of aromatic amines is 1. The van der Waals surface area contributed by atoms with Crippen LogP contribution in [0.5, 0.6) is 5.75 Å². The van der Waals surface area contributed by atoms with Crippen molar-refractivity contribution >= 4 is 32.8 Å². The van der Waals surface area contributed by atoms with E-state index in [0.29, 0.717) is 5.75 Å². The fourth-order valence-electron chi connectivity index (χ4n) is 1.25. The monoisotopic (exact) mass is 253 g/mol. The zero-order valence-electron chi connectivity index (χ0n) is 7.29. The highest BCUT2D eigenvalue weighted by atomic mass is 79.9. The third-order valence-corrected chi connectivity index (χ3v) is 2.32. The first-order valence-electron chi connectivity index (χ1n) is 4.13. The van der Waals surface area contributed by atoms with Gasteiger partial charge in [-0.25, -0.2) is 0 Å². The number of rotatable bonds is 2. The van der Waals surface area contributed by atoms with E-state index in [1.807, 2.05) is 24.4 Å². The Balaban J connectivity index is 2.30. The molecule has 0 bridgehead atoms. The summed E-state index contributed by atoms with van der Waals surface area (Å²) in [7, 11) is 0. The summed E-state index contributed by atoms with van der Waals surface area (Å²) < 4.78 is 5.04. The molecule has 0 aliphatic carbocycles. The predicted octanol–water partition coefficient (Wildman–Crippen LogP) is 2.47. The van der Waals surface area contributed by atoms with Crippen molar-refractivity contribution < 1.29 is 9.53 Å². The van der Waals surface area contributed by atoms with Gasteiger partial charge in [0, 0.05) is 17.1 Å². The number of hydrogen-bond donors (Lipinski definition) is 1. The Bertz CT molecular complexity index is 464. The van der Waals surface area contributed by atoms with Crippen LogP contribution in [0.25, 0.3) is 10.9 Å². The van der Waals surface area contributed by atoms with E-state index in [4.69, 9.17) is 4.74 Å². The van der Waals surface area contributed by atoms with Crippen LogP contribution in [-0.4, -0.2) is 16.3 Å². The van der Waals surface area contributed by atoms with Crippen LogP contribution in [0.4, 0.5) is 0 Å². The van der Waals surface area contributed by atoms with E-state index in [1.165, 1.54) is 0 Å². The van der Waals surface area contributed by atoms with Crippen LogP contribution in [0.3, 0.4) is 0 Å². The molecule has 0 unspecified atom stereocenters. The maximum atomic E-state index is 11.0. The second-order valence-corrected chi connectivity index (χ2v) is 3.40. The Morgan fingerprint density at radius 3 is 3.07 bits per heavy atom. The molecule has 1 aromatic carbocycles. The second-order valence-electron chi connectivity index (χ2n) is 2.83. The number of esters is 1. The Morgan fingerprint density at radius 2 is 2.29 bits per heavy atom. The lowest BCUT2D eigenvalue weighted by Gasteiger charge is -2.01. The van der Waals surface area contributed by atoms with E-state index in [2.05, 4.69) is 20.9 Å². The number of ether oxygens (including phenoxy) is 1. The molecule has 2 rings (SSSR count). The minimum atomic E-state index is -0.292. The van der Waals surface area contributed by atoms with E-state index >= 15 is 0 Å². The van der Waals surface area contributed by atoms with Gasteiger partial charge in [0.05, 0.1) is 0 Å². The summed E-state index contributed by atoms with van der Waals surface area (Å²) in [4.78, 5) is 14.0. The first-order chi connectivity index (χ1) is 6.79. The molecule has 0 saturated carbocycles. The molecule has 0 aliphatic rings. The molecular formula is C10H8BrNO2. The van der Waals surface area contributed by atoms with Crippen molar-refractivity contribution in [3.05, 3.63) is 30.5 Å². The Labute approximate surface area is 89.2 Å². The maximum Gasteiger partial charge on any atom is 0.321 e. The molecule has 0 saturated heterocycles. The number of benzene rings is 1. The molecule has 1 N–H and O–H groups in total. The third kappa shape index (κ3) is 1.80. The average molecular weight is 254 g/mol. The summed E-state index contributed by atoms with van der Waals surface area (Å²) in [5, 5.41) is 1.24. The number of carbonyl (C=O) groups is 1. The van der Waals surface area contributed by atoms with Crippen molar-refractivity contribution in [2.24, 2.45) is 0 Å². The van der Waals surface area contributed by atoms with Crippen molar-refractivity contribution in [3.63, 3.8) is 0 Å². The van der Waals surface area contributed by atoms with E-state index < -0.39 is 0 Å². The van der Waals surface area contributed by atoms with Crippen LogP contribution >= 0.6 is 15.9 Å². The highest BCUT2D eigenvalue weighted by molar-refractivity contribution is 9.09. The Hall–Kier alpha value is -1.29. The molecule has 0 fully saturated rings. The van der Waals surface area contributed by atoms with Crippen LogP contribution in [-0.2, 0) is 4.79 Å². The fourth-order valence-corrected chi connectivity index (χ4v) is 1.37. The van der Waals surface area contributed by atoms with Crippen LogP contribution in [0.1, 0.15) is 0 Å². The van der Waals surface area contributed by atoms with Crippen molar-refractivity contribution in [2.75, 3.05) is 5.33 Å². The molecule has 2 aromatic rings. The van der Waals surface area contributed by atoms with E-state index in [9.17, 15) is 4.79 Å². The van der Waals surface area contributed by atoms with Gasteiger partial charge in [0.25, 0.3) is 0 Å². The van der Waals surface area contributed by atoms with Crippen molar-refractivity contribution in [2.45, 2.75) is 0 Å². The summed E-state index contributed by atoms with van der Waals surface area (Å²) in [6.07, 6.45) is 1.85. The maximum absolute atomic E-state index is 11.0. The van der Waals surface area contributed by atoms with Crippen LogP contribution in [0.15, 0.2) is 30.5 Å². The first-order valence-corrected chi connectivity index (χ1v) is 5.25. The van der Waals surface area contributed by atoms with Crippen LogP contribution in [0.2, 0.25) is 0 Å². The van der Waals surface area contributed by atoms with Crippen molar-refractivity contribution in [1.29, 1.82) is 0 Å². The molecule has 0 amide bonds. The number of hydrogen-bond acceptors (Lipinski definition) is 2. The number of H-pyrrole nitrogens is 1. The molecule has 0 spiro atoms. The SMILES string of the molecule is O=C(CBr)Oc1ccc2[nH]ccc2c1. The minimum absolute atomic E-state index is 0.207. The quantitative estimate of drug-likeness (QED) is 0.508. The zero-order valence-corrected chi connectivity index (χ0v) is 8.87. The number of fused-ring (bicyclic) bond motifs is 1. The predicted molar refractivity (Wildman–Crippen MR) is 57.7 cm³/mol. The van der Waals surface area contributed by atoms with Gasteiger partial charge < -0.3 is 9.72 Å². The summed E-state index contributed by atoms with van der Waals surface area (Å²) in [5.74, 6) is 0.279. The molecule has 0 radical (unpaired) electrons. The minimum Gasteiger partial charge on any atom is -0.426 e. The lowest BCUT2D eigenvalue weighted by molar-refractivity contribution is -0.131. The third-order valence-electron chi connectivity index (χ3n) is 1.87. The van der Waals surface area contributed by atoms with Gasteiger partial charge in [0.15, 0.2) is 0 Å². The summed E-state index contributed by atoms with van der Waals surface area (Å²) >= 11 is 3.03. The fraction of sp³-hybridized carbons (Fsp3) is 0.100. The van der Waals surface area contributed by atoms with Crippen LogP contribution in [0, 0.1) is 0 Å². The number of alkyl halides is 1. The van der Waals surface area contributed by atoms with Gasteiger partial charge in [-0.2, -0.15) is 0 Å². The summed E-state index contributed by atoms with van der Waals surface area (Å²) in [6.45, 7) is 0.